The number of carbonyl (C=O) groups excluding carboxylic acids is 2. The zero-order valence-electron chi connectivity index (χ0n) is 26.5. The first-order valence-electron chi connectivity index (χ1n) is 14.5. The van der Waals surface area contributed by atoms with Crippen LogP contribution in [0.15, 0.2) is 65.8 Å². The summed E-state index contributed by atoms with van der Waals surface area (Å²) in [6.45, 7) is 11.6. The number of rotatable bonds is 11. The third-order valence-corrected chi connectivity index (χ3v) is 12.2. The number of carbonyl (C=O) groups is 2. The maximum absolute atomic E-state index is 14.5. The normalized spacial score (nSPS) is 13.7. The average Bonchev–Trinajstić information content (AvgIpc) is 2.95. The van der Waals surface area contributed by atoms with Crippen LogP contribution >= 0.6 is 0 Å². The lowest BCUT2D eigenvalue weighted by Gasteiger charge is -2.42. The summed E-state index contributed by atoms with van der Waals surface area (Å²) < 4.78 is 50.2. The van der Waals surface area contributed by atoms with Gasteiger partial charge in [-0.1, -0.05) is 65.0 Å². The first-order valence-corrected chi connectivity index (χ1v) is 17.4. The van der Waals surface area contributed by atoms with Crippen LogP contribution in [-0.4, -0.2) is 53.1 Å². The van der Waals surface area contributed by atoms with E-state index in [1.165, 1.54) is 6.20 Å². The summed E-state index contributed by atoms with van der Waals surface area (Å²) in [5.41, 5.74) is 0.292. The summed E-state index contributed by atoms with van der Waals surface area (Å²) in [6, 6.07) is 9.84. The Morgan fingerprint density at radius 3 is 2.20 bits per heavy atom. The Kier molecular flexibility index (Phi) is 11.3. The number of hydrogen-bond donors (Lipinski definition) is 3. The van der Waals surface area contributed by atoms with Crippen molar-refractivity contribution in [1.82, 2.24) is 25.2 Å². The van der Waals surface area contributed by atoms with Crippen LogP contribution < -0.4 is 21.5 Å². The van der Waals surface area contributed by atoms with Gasteiger partial charge in [-0.2, -0.15) is 13.2 Å². The molecule has 3 N–H and O–H groups in total. The number of halogens is 3. The summed E-state index contributed by atoms with van der Waals surface area (Å²) in [4.78, 5) is 47.9. The van der Waals surface area contributed by atoms with E-state index in [0.29, 0.717) is 5.56 Å². The van der Waals surface area contributed by atoms with E-state index in [0.717, 1.165) is 10.1 Å². The second kappa shape index (κ2) is 14.4. The maximum Gasteiger partial charge on any atom is 0.415 e. The molecule has 2 heterocycles. The molecule has 10 nitrogen and oxygen atoms in total. The zero-order valence-corrected chi connectivity index (χ0v) is 27.5. The Balaban J connectivity index is 1.92. The maximum atomic E-state index is 14.5. The molecule has 2 aromatic heterocycles. The molecule has 0 spiro atoms. The van der Waals surface area contributed by atoms with Crippen LogP contribution in [0, 0.1) is 5.92 Å². The second-order valence-corrected chi connectivity index (χ2v) is 17.3. The van der Waals surface area contributed by atoms with E-state index >= 15 is 0 Å². The summed E-state index contributed by atoms with van der Waals surface area (Å²) in [6.07, 6.45) is -2.70. The van der Waals surface area contributed by atoms with Gasteiger partial charge in [0.1, 0.15) is 18.1 Å². The molecule has 0 fully saturated rings. The van der Waals surface area contributed by atoms with Crippen LogP contribution in [0.2, 0.25) is 18.1 Å². The molecule has 1 aromatic carbocycles. The van der Waals surface area contributed by atoms with Crippen molar-refractivity contribution in [3.63, 3.8) is 0 Å². The molecule has 0 aliphatic carbocycles. The molecule has 0 bridgehead atoms. The van der Waals surface area contributed by atoms with Gasteiger partial charge in [-0.05, 0) is 41.7 Å². The molecule has 0 aliphatic heterocycles. The Bertz CT molecular complexity index is 1510. The molecule has 0 aliphatic rings. The third-order valence-electron chi connectivity index (χ3n) is 7.75. The summed E-state index contributed by atoms with van der Waals surface area (Å²) in [7, 11) is -2.91. The highest BCUT2D eigenvalue weighted by atomic mass is 28.4. The molecule has 14 heteroatoms. The zero-order chi connectivity index (χ0) is 33.6. The summed E-state index contributed by atoms with van der Waals surface area (Å²) in [5.74, 6) is -1.41. The number of aromatic nitrogens is 3. The van der Waals surface area contributed by atoms with Gasteiger partial charge in [-0.3, -0.25) is 19.1 Å². The topological polar surface area (TPSA) is 127 Å². The van der Waals surface area contributed by atoms with Gasteiger partial charge >= 0.3 is 12.2 Å². The average molecular weight is 647 g/mol. The molecule has 0 saturated heterocycles. The fourth-order valence-electron chi connectivity index (χ4n) is 4.20. The van der Waals surface area contributed by atoms with E-state index in [2.05, 4.69) is 25.9 Å². The van der Waals surface area contributed by atoms with Crippen molar-refractivity contribution in [3.05, 3.63) is 77.0 Å². The molecule has 3 aromatic rings. The van der Waals surface area contributed by atoms with Gasteiger partial charge in [0, 0.05) is 24.5 Å². The van der Waals surface area contributed by atoms with E-state index in [1.807, 2.05) is 20.8 Å². The first kappa shape index (κ1) is 35.4. The van der Waals surface area contributed by atoms with Crippen molar-refractivity contribution >= 4 is 25.9 Å². The Labute approximate surface area is 262 Å². The minimum absolute atomic E-state index is 0.101. The van der Waals surface area contributed by atoms with Crippen LogP contribution in [0.3, 0.4) is 0 Å². The number of hydrogen-bond acceptors (Lipinski definition) is 6. The van der Waals surface area contributed by atoms with Crippen molar-refractivity contribution in [2.24, 2.45) is 5.92 Å². The van der Waals surface area contributed by atoms with Gasteiger partial charge in [0.2, 0.25) is 5.91 Å². The van der Waals surface area contributed by atoms with Crippen LogP contribution in [0.25, 0.3) is 11.4 Å². The van der Waals surface area contributed by atoms with Gasteiger partial charge in [0.05, 0.1) is 12.2 Å². The highest BCUT2D eigenvalue weighted by Crippen LogP contribution is 2.41. The van der Waals surface area contributed by atoms with Gasteiger partial charge in [-0.15, -0.1) is 0 Å². The fourth-order valence-corrected chi connectivity index (χ4v) is 5.47. The molecule has 3 rings (SSSR count). The van der Waals surface area contributed by atoms with E-state index in [4.69, 9.17) is 4.43 Å². The molecule has 45 heavy (non-hydrogen) atoms. The van der Waals surface area contributed by atoms with Crippen LogP contribution in [0.5, 0.6) is 0 Å². The van der Waals surface area contributed by atoms with E-state index in [9.17, 15) is 27.6 Å². The summed E-state index contributed by atoms with van der Waals surface area (Å²) in [5, 5.41) is 7.06. The number of alkyl halides is 3. The Morgan fingerprint density at radius 2 is 1.64 bits per heavy atom. The van der Waals surface area contributed by atoms with Crippen LogP contribution in [0.1, 0.15) is 40.2 Å². The van der Waals surface area contributed by atoms with Gasteiger partial charge in [0.15, 0.2) is 14.4 Å². The molecule has 2 unspecified atom stereocenters. The van der Waals surface area contributed by atoms with Crippen molar-refractivity contribution < 1.29 is 27.2 Å². The molecular formula is C31H41F3N6O4Si. The first-order chi connectivity index (χ1) is 20.9. The highest BCUT2D eigenvalue weighted by Gasteiger charge is 2.52. The number of urea groups is 1. The minimum Gasteiger partial charge on any atom is -0.404 e. The second-order valence-electron chi connectivity index (χ2n) is 12.6. The predicted octanol–water partition coefficient (Wildman–Crippen LogP) is 5.72. The highest BCUT2D eigenvalue weighted by molar-refractivity contribution is 6.74. The van der Waals surface area contributed by atoms with Crippen LogP contribution in [-0.2, 0) is 22.3 Å². The fraction of sp³-hybridized carbons (Fsp3) is 0.452. The number of benzene rings is 1. The number of pyridine rings is 1. The monoisotopic (exact) mass is 646 g/mol. The Hall–Kier alpha value is -4.04. The van der Waals surface area contributed by atoms with Crippen molar-refractivity contribution in [3.8, 4) is 11.4 Å². The van der Waals surface area contributed by atoms with Crippen molar-refractivity contribution in [1.29, 1.82) is 0 Å². The minimum atomic E-state index is -4.77. The molecular weight excluding hydrogens is 605 g/mol. The number of nitrogens with zero attached hydrogens (tertiary/aromatic N) is 3. The Morgan fingerprint density at radius 1 is 1.02 bits per heavy atom. The van der Waals surface area contributed by atoms with Gasteiger partial charge in [-0.25, -0.2) is 9.78 Å². The molecule has 2 atom stereocenters. The van der Waals surface area contributed by atoms with E-state index in [1.54, 1.807) is 81.8 Å². The lowest BCUT2D eigenvalue weighted by atomic mass is 9.98. The molecule has 3 amide bonds. The van der Waals surface area contributed by atoms with Crippen molar-refractivity contribution in [2.75, 3.05) is 5.32 Å². The third kappa shape index (κ3) is 9.47. The van der Waals surface area contributed by atoms with Gasteiger partial charge < -0.3 is 20.4 Å². The molecule has 0 saturated carbocycles. The number of anilines is 1. The van der Waals surface area contributed by atoms with E-state index < -0.39 is 61.6 Å². The van der Waals surface area contributed by atoms with Crippen LogP contribution in [0.4, 0.5) is 23.7 Å². The molecule has 244 valence electrons. The van der Waals surface area contributed by atoms with Gasteiger partial charge in [0.25, 0.3) is 5.56 Å². The SMILES string of the molecule is CC(C)C(NC(=O)Cn1c(-c2ccccc2)ncc(NC(=O)NCc2ccncc2)c1=O)C(O[Si](C)(C)C(C)(C)C)C(F)(F)F. The molecule has 0 radical (unpaired) electrons. The number of amides is 3. The largest absolute Gasteiger partial charge is 0.415 e. The smallest absolute Gasteiger partial charge is 0.404 e. The number of nitrogens with one attached hydrogen (secondary N) is 3. The van der Waals surface area contributed by atoms with Crippen molar-refractivity contribution in [2.45, 2.75) is 84.2 Å². The van der Waals surface area contributed by atoms with E-state index in [-0.39, 0.29) is 18.1 Å². The lowest BCUT2D eigenvalue weighted by Crippen LogP contribution is -2.59. The quantitative estimate of drug-likeness (QED) is 0.229. The standard InChI is InChI=1S/C31H41F3N6O4Si/c1-20(2)25(26(31(32,33)34)44-45(6,7)30(3,4)5)39-24(41)19-40-27(22-11-9-8-10-12-22)36-18-23(28(40)42)38-29(43)37-17-21-13-15-35-16-14-21/h8-16,18,20,25-26H,17,19H2,1-7H3,(H,39,41)(H2,37,38,43). The predicted molar refractivity (Wildman–Crippen MR) is 169 cm³/mol. The lowest BCUT2D eigenvalue weighted by molar-refractivity contribution is -0.210. The summed E-state index contributed by atoms with van der Waals surface area (Å²) >= 11 is 0.